The third kappa shape index (κ3) is 4.30. The summed E-state index contributed by atoms with van der Waals surface area (Å²) in [5, 5.41) is 9.32. The predicted molar refractivity (Wildman–Crippen MR) is 84.1 cm³/mol. The van der Waals surface area contributed by atoms with Crippen molar-refractivity contribution in [3.63, 3.8) is 0 Å². The molecule has 0 fully saturated rings. The summed E-state index contributed by atoms with van der Waals surface area (Å²) in [6.07, 6.45) is 0.780. The molecule has 1 N–H and O–H groups in total. The Hall–Kier alpha value is -1.43. The Morgan fingerprint density at radius 3 is 2.35 bits per heavy atom. The minimum Gasteiger partial charge on any atom is -0.481 e. The van der Waals surface area contributed by atoms with E-state index in [1.807, 2.05) is 24.3 Å². The van der Waals surface area contributed by atoms with E-state index in [9.17, 15) is 14.3 Å². The maximum absolute atomic E-state index is 13.1. The molecule has 0 heterocycles. The molecule has 0 saturated heterocycles. The molecule has 2 aromatic carbocycles. The maximum Gasteiger partial charge on any atom is 0.307 e. The molecule has 0 radical (unpaired) electrons. The first-order valence-electron chi connectivity index (χ1n) is 6.26. The average molecular weight is 384 g/mol. The average Bonchev–Trinajstić information content (AvgIpc) is 2.40. The molecule has 104 valence electrons. The van der Waals surface area contributed by atoms with Crippen molar-refractivity contribution in [3.05, 3.63) is 69.0 Å². The summed E-state index contributed by atoms with van der Waals surface area (Å²) in [5.74, 6) is -1.73. The van der Waals surface area contributed by atoms with Crippen molar-refractivity contribution in [2.75, 3.05) is 0 Å². The van der Waals surface area contributed by atoms with E-state index in [0.717, 1.165) is 9.13 Å². The molecule has 0 bridgehead atoms. The largest absolute Gasteiger partial charge is 0.481 e. The van der Waals surface area contributed by atoms with E-state index in [0.29, 0.717) is 18.4 Å². The molecular formula is C16H14FIO2. The Morgan fingerprint density at radius 2 is 1.75 bits per heavy atom. The highest BCUT2D eigenvalue weighted by atomic mass is 127. The lowest BCUT2D eigenvalue weighted by molar-refractivity contribution is -0.141. The van der Waals surface area contributed by atoms with E-state index < -0.39 is 11.9 Å². The highest BCUT2D eigenvalue weighted by molar-refractivity contribution is 14.1. The Balaban J connectivity index is 2.11. The van der Waals surface area contributed by atoms with Crippen LogP contribution in [0, 0.1) is 15.3 Å². The number of hydrogen-bond donors (Lipinski definition) is 1. The summed E-state index contributed by atoms with van der Waals surface area (Å²) in [5.41, 5.74) is 1.69. The summed E-state index contributed by atoms with van der Waals surface area (Å²) >= 11 is 2.21. The van der Waals surface area contributed by atoms with Gasteiger partial charge in [-0.3, -0.25) is 4.79 Å². The van der Waals surface area contributed by atoms with Gasteiger partial charge in [0.15, 0.2) is 0 Å². The van der Waals surface area contributed by atoms with Crippen LogP contribution in [-0.2, 0) is 17.6 Å². The highest BCUT2D eigenvalue weighted by Gasteiger charge is 2.18. The van der Waals surface area contributed by atoms with E-state index in [4.69, 9.17) is 0 Å². The summed E-state index contributed by atoms with van der Waals surface area (Å²) in [7, 11) is 0. The monoisotopic (exact) mass is 384 g/mol. The van der Waals surface area contributed by atoms with Crippen molar-refractivity contribution in [3.8, 4) is 0 Å². The van der Waals surface area contributed by atoms with Crippen molar-refractivity contribution in [1.29, 1.82) is 0 Å². The number of halogens is 2. The third-order valence-corrected chi connectivity index (χ3v) is 3.83. The molecule has 0 aliphatic heterocycles. The molecule has 2 nitrogen and oxygen atoms in total. The molecule has 4 heteroatoms. The van der Waals surface area contributed by atoms with Crippen molar-refractivity contribution < 1.29 is 14.3 Å². The van der Waals surface area contributed by atoms with Gasteiger partial charge in [0.25, 0.3) is 0 Å². The van der Waals surface area contributed by atoms with E-state index in [-0.39, 0.29) is 5.82 Å². The molecule has 0 aromatic heterocycles. The minimum atomic E-state index is -0.854. The van der Waals surface area contributed by atoms with Crippen LogP contribution in [0.1, 0.15) is 11.1 Å². The van der Waals surface area contributed by atoms with E-state index in [1.54, 1.807) is 12.1 Å². The second kappa shape index (κ2) is 6.83. The van der Waals surface area contributed by atoms with E-state index in [1.165, 1.54) is 12.1 Å². The summed E-state index contributed by atoms with van der Waals surface area (Å²) < 4.78 is 14.3. The molecule has 1 atom stereocenters. The molecule has 0 spiro atoms. The molecule has 0 amide bonds. The zero-order valence-corrected chi connectivity index (χ0v) is 12.9. The zero-order valence-electron chi connectivity index (χ0n) is 10.7. The fourth-order valence-electron chi connectivity index (χ4n) is 2.10. The van der Waals surface area contributed by atoms with Gasteiger partial charge in [0.05, 0.1) is 5.92 Å². The molecule has 20 heavy (non-hydrogen) atoms. The van der Waals surface area contributed by atoms with Gasteiger partial charge < -0.3 is 5.11 Å². The van der Waals surface area contributed by atoms with Gasteiger partial charge in [-0.15, -0.1) is 0 Å². The number of carboxylic acid groups (broad SMARTS) is 1. The van der Waals surface area contributed by atoms with Gasteiger partial charge in [-0.25, -0.2) is 4.39 Å². The summed E-state index contributed by atoms with van der Waals surface area (Å²) in [6, 6.07) is 13.9. The van der Waals surface area contributed by atoms with Crippen molar-refractivity contribution in [2.45, 2.75) is 12.8 Å². The van der Waals surface area contributed by atoms with Crippen LogP contribution in [-0.4, -0.2) is 11.1 Å². The van der Waals surface area contributed by atoms with E-state index in [2.05, 4.69) is 22.6 Å². The van der Waals surface area contributed by atoms with Gasteiger partial charge >= 0.3 is 5.97 Å². The lowest BCUT2D eigenvalue weighted by Crippen LogP contribution is -2.19. The highest BCUT2D eigenvalue weighted by Crippen LogP contribution is 2.17. The van der Waals surface area contributed by atoms with Crippen LogP contribution in [0.25, 0.3) is 0 Å². The SMILES string of the molecule is O=C(O)C(Cc1ccc(I)cc1)Cc1cccc(F)c1. The topological polar surface area (TPSA) is 37.3 Å². The summed E-state index contributed by atoms with van der Waals surface area (Å²) in [4.78, 5) is 11.4. The zero-order chi connectivity index (χ0) is 14.5. The second-order valence-corrected chi connectivity index (χ2v) is 5.95. The smallest absolute Gasteiger partial charge is 0.307 e. The molecule has 0 aliphatic rings. The normalized spacial score (nSPS) is 12.1. The number of carbonyl (C=O) groups is 1. The van der Waals surface area contributed by atoms with Crippen LogP contribution in [0.3, 0.4) is 0 Å². The fraction of sp³-hybridized carbons (Fsp3) is 0.188. The Labute approximate surface area is 130 Å². The Bertz CT molecular complexity index is 596. The van der Waals surface area contributed by atoms with Gasteiger partial charge in [0.1, 0.15) is 5.82 Å². The quantitative estimate of drug-likeness (QED) is 0.794. The van der Waals surface area contributed by atoms with Crippen LogP contribution >= 0.6 is 22.6 Å². The Morgan fingerprint density at radius 1 is 1.10 bits per heavy atom. The lowest BCUT2D eigenvalue weighted by atomic mass is 9.92. The van der Waals surface area contributed by atoms with Gasteiger partial charge in [-0.1, -0.05) is 24.3 Å². The first kappa shape index (κ1) is 15.0. The number of aliphatic carboxylic acids is 1. The van der Waals surface area contributed by atoms with Gasteiger partial charge in [0, 0.05) is 3.57 Å². The summed E-state index contributed by atoms with van der Waals surface area (Å²) in [6.45, 7) is 0. The van der Waals surface area contributed by atoms with Crippen LogP contribution in [0.4, 0.5) is 4.39 Å². The molecule has 2 aromatic rings. The molecule has 0 saturated carbocycles. The lowest BCUT2D eigenvalue weighted by Gasteiger charge is -2.12. The standard InChI is InChI=1S/C16H14FIO2/c17-14-3-1-2-12(10-14)9-13(16(19)20)8-11-4-6-15(18)7-5-11/h1-7,10,13H,8-9H2,(H,19,20). The van der Waals surface area contributed by atoms with Gasteiger partial charge in [-0.05, 0) is 70.8 Å². The van der Waals surface area contributed by atoms with Crippen LogP contribution in [0.5, 0.6) is 0 Å². The first-order valence-corrected chi connectivity index (χ1v) is 7.34. The first-order chi connectivity index (χ1) is 9.54. The molecule has 2 rings (SSSR count). The number of rotatable bonds is 5. The number of carboxylic acids is 1. The van der Waals surface area contributed by atoms with Crippen LogP contribution in [0.2, 0.25) is 0 Å². The van der Waals surface area contributed by atoms with Crippen molar-refractivity contribution >= 4 is 28.6 Å². The third-order valence-electron chi connectivity index (χ3n) is 3.12. The second-order valence-electron chi connectivity index (χ2n) is 4.70. The fourth-order valence-corrected chi connectivity index (χ4v) is 2.46. The van der Waals surface area contributed by atoms with Gasteiger partial charge in [0.2, 0.25) is 0 Å². The van der Waals surface area contributed by atoms with Gasteiger partial charge in [-0.2, -0.15) is 0 Å². The van der Waals surface area contributed by atoms with Crippen molar-refractivity contribution in [1.82, 2.24) is 0 Å². The maximum atomic E-state index is 13.1. The van der Waals surface area contributed by atoms with Crippen LogP contribution in [0.15, 0.2) is 48.5 Å². The van der Waals surface area contributed by atoms with Crippen LogP contribution < -0.4 is 0 Å². The minimum absolute atomic E-state index is 0.332. The number of benzene rings is 2. The van der Waals surface area contributed by atoms with E-state index >= 15 is 0 Å². The molecule has 1 unspecified atom stereocenters. The predicted octanol–water partition coefficient (Wildman–Crippen LogP) is 3.92. The molecule has 0 aliphatic carbocycles. The number of hydrogen-bond acceptors (Lipinski definition) is 1. The van der Waals surface area contributed by atoms with Crippen molar-refractivity contribution in [2.24, 2.45) is 5.92 Å². The Kier molecular flexibility index (Phi) is 5.11. The molecular weight excluding hydrogens is 370 g/mol.